The Kier molecular flexibility index (Phi) is 2.24. The standard InChI is InChI=1S/C7H9NO2S/c1-4-6(3-7(9)10)8-5(2)11-4/h3H2,1-2H3,(H,9,10)/p-1. The molecule has 0 aliphatic heterocycles. The lowest BCUT2D eigenvalue weighted by Gasteiger charge is -1.97. The first-order chi connectivity index (χ1) is 5.09. The van der Waals surface area contributed by atoms with E-state index in [1.54, 1.807) is 0 Å². The van der Waals surface area contributed by atoms with Crippen molar-refractivity contribution in [3.8, 4) is 0 Å². The molecule has 3 nitrogen and oxygen atoms in total. The molecule has 0 unspecified atom stereocenters. The van der Waals surface area contributed by atoms with Crippen LogP contribution in [-0.4, -0.2) is 11.0 Å². The molecule has 0 saturated heterocycles. The number of hydrogen-bond donors (Lipinski definition) is 0. The molecule has 1 aromatic rings. The Morgan fingerprint density at radius 1 is 1.64 bits per heavy atom. The topological polar surface area (TPSA) is 53.0 Å². The van der Waals surface area contributed by atoms with E-state index in [2.05, 4.69) is 4.98 Å². The normalized spacial score (nSPS) is 10.0. The highest BCUT2D eigenvalue weighted by molar-refractivity contribution is 7.11. The third kappa shape index (κ3) is 2.01. The largest absolute Gasteiger partial charge is 0.550 e. The second-order valence-electron chi connectivity index (χ2n) is 2.28. The second-order valence-corrected chi connectivity index (χ2v) is 3.69. The van der Waals surface area contributed by atoms with Gasteiger partial charge in [-0.05, 0) is 13.8 Å². The summed E-state index contributed by atoms with van der Waals surface area (Å²) in [5.41, 5.74) is 0.632. The van der Waals surface area contributed by atoms with Crippen LogP contribution < -0.4 is 5.11 Å². The molecule has 1 heterocycles. The number of carboxylic acid groups (broad SMARTS) is 1. The average molecular weight is 170 g/mol. The second kappa shape index (κ2) is 3.00. The lowest BCUT2D eigenvalue weighted by molar-refractivity contribution is -0.304. The van der Waals surface area contributed by atoms with Crippen LogP contribution in [0.2, 0.25) is 0 Å². The lowest BCUT2D eigenvalue weighted by atomic mass is 10.3. The number of aliphatic carboxylic acids is 1. The van der Waals surface area contributed by atoms with Crippen LogP contribution >= 0.6 is 11.3 Å². The minimum absolute atomic E-state index is 0.0732. The molecule has 4 heteroatoms. The van der Waals surface area contributed by atoms with Crippen LogP contribution in [0.4, 0.5) is 0 Å². The third-order valence-electron chi connectivity index (χ3n) is 1.31. The van der Waals surface area contributed by atoms with Crippen molar-refractivity contribution >= 4 is 17.3 Å². The molecule has 1 rings (SSSR count). The van der Waals surface area contributed by atoms with Gasteiger partial charge in [-0.25, -0.2) is 4.98 Å². The fourth-order valence-corrected chi connectivity index (χ4v) is 1.71. The van der Waals surface area contributed by atoms with Gasteiger partial charge >= 0.3 is 0 Å². The molecule has 0 spiro atoms. The molecular weight excluding hydrogens is 162 g/mol. The maximum absolute atomic E-state index is 10.2. The number of aromatic nitrogens is 1. The molecule has 0 amide bonds. The van der Waals surface area contributed by atoms with Crippen LogP contribution in [0.3, 0.4) is 0 Å². The highest BCUT2D eigenvalue weighted by Gasteiger charge is 2.03. The van der Waals surface area contributed by atoms with Gasteiger partial charge in [0.05, 0.1) is 10.7 Å². The van der Waals surface area contributed by atoms with Gasteiger partial charge in [0.15, 0.2) is 0 Å². The summed E-state index contributed by atoms with van der Waals surface area (Å²) in [6.07, 6.45) is -0.0732. The number of aryl methyl sites for hydroxylation is 2. The van der Waals surface area contributed by atoms with Crippen LogP contribution in [0.25, 0.3) is 0 Å². The summed E-state index contributed by atoms with van der Waals surface area (Å²) in [6.45, 7) is 3.72. The van der Waals surface area contributed by atoms with Gasteiger partial charge in [0.2, 0.25) is 0 Å². The molecular formula is C7H8NO2S-. The van der Waals surface area contributed by atoms with Gasteiger partial charge in [-0.3, -0.25) is 0 Å². The molecule has 0 aliphatic carbocycles. The van der Waals surface area contributed by atoms with Gasteiger partial charge in [-0.2, -0.15) is 0 Å². The zero-order chi connectivity index (χ0) is 8.43. The van der Waals surface area contributed by atoms with Gasteiger partial charge in [0.25, 0.3) is 0 Å². The van der Waals surface area contributed by atoms with Crippen LogP contribution in [0.1, 0.15) is 15.6 Å². The van der Waals surface area contributed by atoms with Crippen molar-refractivity contribution in [3.05, 3.63) is 15.6 Å². The summed E-state index contributed by atoms with van der Waals surface area (Å²) in [7, 11) is 0. The fourth-order valence-electron chi connectivity index (χ4n) is 0.873. The monoisotopic (exact) mass is 170 g/mol. The number of nitrogens with zero attached hydrogens (tertiary/aromatic N) is 1. The Balaban J connectivity index is 2.85. The summed E-state index contributed by atoms with van der Waals surface area (Å²) >= 11 is 1.51. The van der Waals surface area contributed by atoms with Crippen molar-refractivity contribution in [3.63, 3.8) is 0 Å². The van der Waals surface area contributed by atoms with Gasteiger partial charge in [0, 0.05) is 17.3 Å². The van der Waals surface area contributed by atoms with Gasteiger partial charge in [0.1, 0.15) is 0 Å². The van der Waals surface area contributed by atoms with Crippen molar-refractivity contribution in [2.24, 2.45) is 0 Å². The zero-order valence-corrected chi connectivity index (χ0v) is 7.20. The molecule has 0 fully saturated rings. The van der Waals surface area contributed by atoms with E-state index in [-0.39, 0.29) is 6.42 Å². The number of carbonyl (C=O) groups is 1. The smallest absolute Gasteiger partial charge is 0.0900 e. The van der Waals surface area contributed by atoms with Crippen molar-refractivity contribution in [2.45, 2.75) is 20.3 Å². The summed E-state index contributed by atoms with van der Waals surface area (Å²) in [5, 5.41) is 11.1. The highest BCUT2D eigenvalue weighted by atomic mass is 32.1. The maximum Gasteiger partial charge on any atom is 0.0900 e. The summed E-state index contributed by atoms with van der Waals surface area (Å²) in [5.74, 6) is -1.07. The van der Waals surface area contributed by atoms with E-state index in [0.717, 1.165) is 9.88 Å². The summed E-state index contributed by atoms with van der Waals surface area (Å²) in [6, 6.07) is 0. The van der Waals surface area contributed by atoms with Crippen LogP contribution in [0.5, 0.6) is 0 Å². The Bertz CT molecular complexity index is 280. The number of rotatable bonds is 2. The number of carboxylic acids is 1. The van der Waals surface area contributed by atoms with Crippen molar-refractivity contribution in [2.75, 3.05) is 0 Å². The molecule has 0 bridgehead atoms. The Morgan fingerprint density at radius 2 is 2.27 bits per heavy atom. The first kappa shape index (κ1) is 8.20. The quantitative estimate of drug-likeness (QED) is 0.630. The van der Waals surface area contributed by atoms with E-state index in [1.165, 1.54) is 11.3 Å². The predicted molar refractivity (Wildman–Crippen MR) is 40.3 cm³/mol. The maximum atomic E-state index is 10.2. The van der Waals surface area contributed by atoms with E-state index in [9.17, 15) is 9.90 Å². The average Bonchev–Trinajstić information content (AvgIpc) is 2.09. The molecule has 1 aromatic heterocycles. The fraction of sp³-hybridized carbons (Fsp3) is 0.429. The van der Waals surface area contributed by atoms with Crippen LogP contribution in [-0.2, 0) is 11.2 Å². The van der Waals surface area contributed by atoms with E-state index < -0.39 is 5.97 Å². The van der Waals surface area contributed by atoms with Gasteiger partial charge < -0.3 is 9.90 Å². The van der Waals surface area contributed by atoms with E-state index in [4.69, 9.17) is 0 Å². The highest BCUT2D eigenvalue weighted by Crippen LogP contribution is 2.16. The van der Waals surface area contributed by atoms with Gasteiger partial charge in [-0.1, -0.05) is 0 Å². The Labute approximate surface area is 68.7 Å². The van der Waals surface area contributed by atoms with Crippen molar-refractivity contribution < 1.29 is 9.90 Å². The molecule has 0 aromatic carbocycles. The Hall–Kier alpha value is -0.900. The van der Waals surface area contributed by atoms with Crippen LogP contribution in [0.15, 0.2) is 0 Å². The van der Waals surface area contributed by atoms with Crippen molar-refractivity contribution in [1.82, 2.24) is 4.98 Å². The molecule has 60 valence electrons. The van der Waals surface area contributed by atoms with Crippen LogP contribution in [0, 0.1) is 13.8 Å². The summed E-state index contributed by atoms with van der Waals surface area (Å²) < 4.78 is 0. The first-order valence-electron chi connectivity index (χ1n) is 3.22. The lowest BCUT2D eigenvalue weighted by Crippen LogP contribution is -2.24. The van der Waals surface area contributed by atoms with E-state index >= 15 is 0 Å². The van der Waals surface area contributed by atoms with E-state index in [0.29, 0.717) is 5.69 Å². The molecule has 0 radical (unpaired) electrons. The molecule has 0 N–H and O–H groups in total. The first-order valence-corrected chi connectivity index (χ1v) is 4.04. The van der Waals surface area contributed by atoms with E-state index in [1.807, 2.05) is 13.8 Å². The zero-order valence-electron chi connectivity index (χ0n) is 6.38. The number of hydrogen-bond acceptors (Lipinski definition) is 4. The molecule has 0 aliphatic rings. The molecule has 11 heavy (non-hydrogen) atoms. The predicted octanol–water partition coefficient (Wildman–Crippen LogP) is 0.0523. The number of thiazole rings is 1. The minimum Gasteiger partial charge on any atom is -0.550 e. The Morgan fingerprint density at radius 3 is 2.64 bits per heavy atom. The summed E-state index contributed by atoms with van der Waals surface area (Å²) in [4.78, 5) is 15.2. The SMILES string of the molecule is Cc1nc(CC(=O)[O-])c(C)s1. The molecule has 0 atom stereocenters. The third-order valence-corrected chi connectivity index (χ3v) is 2.24. The molecule has 0 saturated carbocycles. The number of carbonyl (C=O) groups excluding carboxylic acids is 1. The van der Waals surface area contributed by atoms with Crippen molar-refractivity contribution in [1.29, 1.82) is 0 Å². The van der Waals surface area contributed by atoms with Gasteiger partial charge in [-0.15, -0.1) is 11.3 Å². The minimum atomic E-state index is -1.07.